The van der Waals surface area contributed by atoms with E-state index in [9.17, 15) is 13.6 Å². The first-order valence-electron chi connectivity index (χ1n) is 11.3. The number of rotatable bonds is 9. The molecule has 10 heteroatoms. The fourth-order valence-corrected chi connectivity index (χ4v) is 3.92. The highest BCUT2D eigenvalue weighted by atomic mass is 19.3. The molecule has 0 radical (unpaired) electrons. The lowest BCUT2D eigenvalue weighted by atomic mass is 9.98. The van der Waals surface area contributed by atoms with Crippen molar-refractivity contribution in [3.63, 3.8) is 0 Å². The van der Waals surface area contributed by atoms with E-state index in [1.54, 1.807) is 43.8 Å². The summed E-state index contributed by atoms with van der Waals surface area (Å²) in [6.07, 6.45) is 4.75. The topological polar surface area (TPSA) is 97.4 Å². The van der Waals surface area contributed by atoms with E-state index >= 15 is 0 Å². The van der Waals surface area contributed by atoms with Crippen molar-refractivity contribution in [3.8, 4) is 16.9 Å². The number of aromatic nitrogens is 2. The lowest BCUT2D eigenvalue weighted by Gasteiger charge is -2.27. The molecule has 1 aliphatic rings. The first-order valence-corrected chi connectivity index (χ1v) is 11.3. The van der Waals surface area contributed by atoms with Crippen molar-refractivity contribution in [2.75, 3.05) is 37.4 Å². The molecule has 0 aliphatic carbocycles. The van der Waals surface area contributed by atoms with Crippen molar-refractivity contribution in [1.82, 2.24) is 15.3 Å². The molecule has 1 atom stereocenters. The van der Waals surface area contributed by atoms with Gasteiger partial charge in [-0.15, -0.1) is 0 Å². The number of ether oxygens (including phenoxy) is 2. The Bertz CT molecular complexity index is 1140. The summed E-state index contributed by atoms with van der Waals surface area (Å²) in [5.41, 5.74) is 3.22. The number of fused-ring (bicyclic) bond motifs is 1. The van der Waals surface area contributed by atoms with E-state index in [1.165, 1.54) is 6.07 Å². The summed E-state index contributed by atoms with van der Waals surface area (Å²) >= 11 is 0. The number of hydrogen-bond acceptors (Lipinski definition) is 7. The van der Waals surface area contributed by atoms with Gasteiger partial charge in [0.15, 0.2) is 0 Å². The lowest BCUT2D eigenvalue weighted by Crippen LogP contribution is -2.31. The highest BCUT2D eigenvalue weighted by Crippen LogP contribution is 2.34. The van der Waals surface area contributed by atoms with Crippen LogP contribution in [0.25, 0.3) is 11.1 Å². The van der Waals surface area contributed by atoms with E-state index in [0.717, 1.165) is 17.5 Å². The molecule has 0 spiro atoms. The van der Waals surface area contributed by atoms with Crippen LogP contribution in [0, 0.1) is 0 Å². The second kappa shape index (κ2) is 11.6. The van der Waals surface area contributed by atoms with Crippen LogP contribution in [0.5, 0.6) is 5.75 Å². The average molecular weight is 484 g/mol. The zero-order chi connectivity index (χ0) is 24.6. The predicted octanol–water partition coefficient (Wildman–Crippen LogP) is 4.48. The molecule has 3 aromatic rings. The van der Waals surface area contributed by atoms with Gasteiger partial charge in [0.1, 0.15) is 5.75 Å². The molecule has 0 saturated carbocycles. The minimum atomic E-state index is -2.93. The van der Waals surface area contributed by atoms with Gasteiger partial charge in [0.05, 0.1) is 11.6 Å². The van der Waals surface area contributed by atoms with Gasteiger partial charge in [0.2, 0.25) is 5.95 Å². The molecule has 0 saturated heterocycles. The van der Waals surface area contributed by atoms with E-state index in [4.69, 9.17) is 9.47 Å². The maximum Gasteiger partial charge on any atom is 0.387 e. The normalized spacial score (nSPS) is 15.4. The quantitative estimate of drug-likeness (QED) is 0.386. The molecular formula is C25H27F2N5O3. The lowest BCUT2D eigenvalue weighted by molar-refractivity contribution is -0.0505. The Morgan fingerprint density at radius 1 is 1.14 bits per heavy atom. The summed E-state index contributed by atoms with van der Waals surface area (Å²) < 4.78 is 35.7. The number of benzene rings is 2. The molecule has 35 heavy (non-hydrogen) atoms. The molecule has 2 heterocycles. The van der Waals surface area contributed by atoms with Gasteiger partial charge in [0.25, 0.3) is 5.91 Å². The van der Waals surface area contributed by atoms with E-state index < -0.39 is 6.61 Å². The SMILES string of the molecule is COCCCNc1ncc(-c2ccc3c(c2)N[C@@H](c2ccccc2OC(F)F)CCNC3=O)cn1. The fourth-order valence-electron chi connectivity index (χ4n) is 3.92. The third-order valence-electron chi connectivity index (χ3n) is 5.62. The number of methoxy groups -OCH3 is 1. The number of carbonyl (C=O) groups is 1. The van der Waals surface area contributed by atoms with E-state index in [0.29, 0.717) is 48.9 Å². The number of halogens is 2. The Kier molecular flexibility index (Phi) is 8.04. The number of alkyl halides is 2. The second-order valence-electron chi connectivity index (χ2n) is 7.99. The molecule has 1 amide bonds. The molecule has 0 bridgehead atoms. The Morgan fingerprint density at radius 2 is 1.94 bits per heavy atom. The van der Waals surface area contributed by atoms with Crippen molar-refractivity contribution in [2.24, 2.45) is 0 Å². The Labute approximate surface area is 202 Å². The Morgan fingerprint density at radius 3 is 2.71 bits per heavy atom. The Balaban J connectivity index is 1.59. The molecule has 0 fully saturated rings. The van der Waals surface area contributed by atoms with E-state index in [-0.39, 0.29) is 17.7 Å². The predicted molar refractivity (Wildman–Crippen MR) is 129 cm³/mol. The minimum absolute atomic E-state index is 0.103. The smallest absolute Gasteiger partial charge is 0.387 e. The van der Waals surface area contributed by atoms with Crippen LogP contribution in [0.4, 0.5) is 20.4 Å². The summed E-state index contributed by atoms with van der Waals surface area (Å²) in [4.78, 5) is 21.4. The van der Waals surface area contributed by atoms with Gasteiger partial charge < -0.3 is 25.4 Å². The molecule has 2 aromatic carbocycles. The number of carbonyl (C=O) groups excluding carboxylic acids is 1. The fraction of sp³-hybridized carbons (Fsp3) is 0.320. The summed E-state index contributed by atoms with van der Waals surface area (Å²) in [6.45, 7) is -1.20. The first kappa shape index (κ1) is 24.3. The third-order valence-corrected chi connectivity index (χ3v) is 5.62. The number of amides is 1. The molecule has 3 N–H and O–H groups in total. The zero-order valence-electron chi connectivity index (χ0n) is 19.3. The first-order chi connectivity index (χ1) is 17.0. The van der Waals surface area contributed by atoms with Crippen LogP contribution < -0.4 is 20.7 Å². The summed E-state index contributed by atoms with van der Waals surface area (Å²) in [5.74, 6) is 0.414. The highest BCUT2D eigenvalue weighted by molar-refractivity contribution is 6.00. The van der Waals surface area contributed by atoms with Gasteiger partial charge in [-0.2, -0.15) is 8.78 Å². The van der Waals surface area contributed by atoms with Gasteiger partial charge in [-0.05, 0) is 36.6 Å². The molecule has 0 unspecified atom stereocenters. The van der Waals surface area contributed by atoms with Gasteiger partial charge in [-0.25, -0.2) is 9.97 Å². The van der Waals surface area contributed by atoms with Crippen LogP contribution in [0.3, 0.4) is 0 Å². The number of nitrogens with one attached hydrogen (secondary N) is 3. The van der Waals surface area contributed by atoms with Gasteiger partial charge in [-0.1, -0.05) is 24.3 Å². The van der Waals surface area contributed by atoms with Crippen LogP contribution in [0.15, 0.2) is 54.9 Å². The molecule has 1 aromatic heterocycles. The number of anilines is 2. The summed E-state index contributed by atoms with van der Waals surface area (Å²) in [5, 5.41) is 9.40. The van der Waals surface area contributed by atoms with Crippen molar-refractivity contribution in [1.29, 1.82) is 0 Å². The van der Waals surface area contributed by atoms with Crippen LogP contribution in [-0.2, 0) is 4.74 Å². The standard InChI is InChI=1S/C25H27F2N5O3/c1-34-12-4-10-29-25-30-14-17(15-31-25)16-7-8-19-21(13-16)32-20(9-11-28-23(19)33)18-5-2-3-6-22(18)35-24(26)27/h2-3,5-8,13-15,20,24,32H,4,9-12H2,1H3,(H,28,33)(H,29,30,31)/t20-/m1/s1. The molecule has 8 nitrogen and oxygen atoms in total. The molecule has 1 aliphatic heterocycles. The molecule has 4 rings (SSSR count). The molecule has 184 valence electrons. The van der Waals surface area contributed by atoms with Gasteiger partial charge in [0, 0.05) is 56.0 Å². The largest absolute Gasteiger partial charge is 0.434 e. The van der Waals surface area contributed by atoms with Crippen LogP contribution in [-0.4, -0.2) is 49.3 Å². The van der Waals surface area contributed by atoms with Crippen molar-refractivity contribution in [2.45, 2.75) is 25.5 Å². The third kappa shape index (κ3) is 6.21. The highest BCUT2D eigenvalue weighted by Gasteiger charge is 2.23. The minimum Gasteiger partial charge on any atom is -0.434 e. The average Bonchev–Trinajstić information content (AvgIpc) is 2.85. The van der Waals surface area contributed by atoms with E-state index in [2.05, 4.69) is 25.9 Å². The van der Waals surface area contributed by atoms with Crippen LogP contribution >= 0.6 is 0 Å². The molecular weight excluding hydrogens is 456 g/mol. The second-order valence-corrected chi connectivity index (χ2v) is 7.99. The zero-order valence-corrected chi connectivity index (χ0v) is 19.3. The maximum absolute atomic E-state index is 13.0. The number of hydrogen-bond donors (Lipinski definition) is 3. The monoisotopic (exact) mass is 483 g/mol. The summed E-state index contributed by atoms with van der Waals surface area (Å²) in [6, 6.07) is 11.7. The van der Waals surface area contributed by atoms with Crippen molar-refractivity contribution >= 4 is 17.5 Å². The number of nitrogens with zero attached hydrogens (tertiary/aromatic N) is 2. The van der Waals surface area contributed by atoms with Gasteiger partial charge in [-0.3, -0.25) is 4.79 Å². The van der Waals surface area contributed by atoms with Gasteiger partial charge >= 0.3 is 6.61 Å². The number of para-hydroxylation sites is 1. The summed E-state index contributed by atoms with van der Waals surface area (Å²) in [7, 11) is 1.66. The van der Waals surface area contributed by atoms with E-state index in [1.807, 2.05) is 12.1 Å². The van der Waals surface area contributed by atoms with Crippen molar-refractivity contribution < 1.29 is 23.0 Å². The van der Waals surface area contributed by atoms with Crippen molar-refractivity contribution in [3.05, 3.63) is 66.0 Å². The Hall–Kier alpha value is -3.79. The van der Waals surface area contributed by atoms with Crippen LogP contribution in [0.2, 0.25) is 0 Å². The van der Waals surface area contributed by atoms with Crippen LogP contribution in [0.1, 0.15) is 34.8 Å². The maximum atomic E-state index is 13.0.